The average Bonchev–Trinajstić information content (AvgIpc) is 2.76. The van der Waals surface area contributed by atoms with Gasteiger partial charge in [0, 0.05) is 18.5 Å². The van der Waals surface area contributed by atoms with Gasteiger partial charge in [0.25, 0.3) is 5.91 Å². The lowest BCUT2D eigenvalue weighted by Crippen LogP contribution is -2.23. The number of rotatable bonds is 9. The summed E-state index contributed by atoms with van der Waals surface area (Å²) in [4.78, 5) is 16.5. The van der Waals surface area contributed by atoms with Crippen molar-refractivity contribution >= 4 is 17.6 Å². The van der Waals surface area contributed by atoms with Gasteiger partial charge < -0.3 is 26.3 Å². The number of benzene rings is 3. The van der Waals surface area contributed by atoms with Crippen molar-refractivity contribution in [2.75, 3.05) is 18.5 Å². The third-order valence-corrected chi connectivity index (χ3v) is 4.09. The van der Waals surface area contributed by atoms with E-state index in [4.69, 9.17) is 20.9 Å². The van der Waals surface area contributed by atoms with Crippen molar-refractivity contribution in [1.29, 1.82) is 0 Å². The zero-order valence-corrected chi connectivity index (χ0v) is 16.5. The number of ether oxygens (including phenoxy) is 2. The summed E-state index contributed by atoms with van der Waals surface area (Å²) in [6.45, 7) is 0.986. The van der Waals surface area contributed by atoms with E-state index in [0.717, 1.165) is 0 Å². The summed E-state index contributed by atoms with van der Waals surface area (Å²) in [5.41, 5.74) is 11.7. The third kappa shape index (κ3) is 6.27. The summed E-state index contributed by atoms with van der Waals surface area (Å²) >= 11 is 0. The predicted molar refractivity (Wildman–Crippen MR) is 118 cm³/mol. The number of amides is 1. The van der Waals surface area contributed by atoms with Gasteiger partial charge in [-0.1, -0.05) is 30.3 Å². The molecular weight excluding hydrogens is 380 g/mol. The van der Waals surface area contributed by atoms with Crippen LogP contribution in [0.5, 0.6) is 17.2 Å². The van der Waals surface area contributed by atoms with Crippen LogP contribution in [0.2, 0.25) is 0 Å². The number of anilines is 1. The fourth-order valence-electron chi connectivity index (χ4n) is 2.63. The standard InChI is InChI=1S/C23H24N4O3/c24-23(25)26-15-6-16-29-18-13-11-17(12-14-18)22(28)27-20-9-4-5-10-21(20)30-19-7-2-1-3-8-19/h1-5,7-14H,6,15-16H2,(H,27,28)(H4,24,25,26). The molecule has 30 heavy (non-hydrogen) atoms. The second-order valence-corrected chi connectivity index (χ2v) is 6.40. The van der Waals surface area contributed by atoms with Crippen molar-refractivity contribution in [2.45, 2.75) is 6.42 Å². The molecular formula is C23H24N4O3. The monoisotopic (exact) mass is 404 g/mol. The molecule has 0 spiro atoms. The molecule has 0 aliphatic heterocycles. The average molecular weight is 404 g/mol. The molecule has 3 aromatic carbocycles. The summed E-state index contributed by atoms with van der Waals surface area (Å²) in [7, 11) is 0. The molecule has 0 fully saturated rings. The van der Waals surface area contributed by atoms with Crippen LogP contribution >= 0.6 is 0 Å². The van der Waals surface area contributed by atoms with Crippen LogP contribution in [-0.4, -0.2) is 25.0 Å². The molecule has 1 amide bonds. The Morgan fingerprint density at radius 3 is 2.30 bits per heavy atom. The SMILES string of the molecule is NC(N)=NCCCOc1ccc(C(=O)Nc2ccccc2Oc2ccccc2)cc1. The second kappa shape index (κ2) is 10.5. The quantitative estimate of drug-likeness (QED) is 0.285. The van der Waals surface area contributed by atoms with Crippen LogP contribution in [0.1, 0.15) is 16.8 Å². The summed E-state index contributed by atoms with van der Waals surface area (Å²) in [5, 5.41) is 2.89. The highest BCUT2D eigenvalue weighted by Crippen LogP contribution is 2.29. The molecule has 0 saturated heterocycles. The van der Waals surface area contributed by atoms with E-state index in [2.05, 4.69) is 10.3 Å². The van der Waals surface area contributed by atoms with E-state index < -0.39 is 0 Å². The second-order valence-electron chi connectivity index (χ2n) is 6.40. The van der Waals surface area contributed by atoms with Gasteiger partial charge >= 0.3 is 0 Å². The van der Waals surface area contributed by atoms with Crippen LogP contribution in [-0.2, 0) is 0 Å². The molecule has 0 unspecified atom stereocenters. The Kier molecular flexibility index (Phi) is 7.27. The molecule has 154 valence electrons. The Morgan fingerprint density at radius 2 is 1.57 bits per heavy atom. The maximum atomic E-state index is 12.6. The van der Waals surface area contributed by atoms with Crippen molar-refractivity contribution in [3.8, 4) is 17.2 Å². The number of guanidine groups is 1. The maximum Gasteiger partial charge on any atom is 0.255 e. The Balaban J connectivity index is 1.58. The largest absolute Gasteiger partial charge is 0.494 e. The number of nitrogens with one attached hydrogen (secondary N) is 1. The van der Waals surface area contributed by atoms with Crippen LogP contribution in [0.3, 0.4) is 0 Å². The molecule has 0 radical (unpaired) electrons. The maximum absolute atomic E-state index is 12.6. The highest BCUT2D eigenvalue weighted by Gasteiger charge is 2.10. The fourth-order valence-corrected chi connectivity index (χ4v) is 2.63. The third-order valence-electron chi connectivity index (χ3n) is 4.09. The van der Waals surface area contributed by atoms with Gasteiger partial charge in [0.15, 0.2) is 11.7 Å². The molecule has 3 aromatic rings. The zero-order chi connectivity index (χ0) is 21.2. The van der Waals surface area contributed by atoms with E-state index in [9.17, 15) is 4.79 Å². The van der Waals surface area contributed by atoms with Crippen molar-refractivity contribution in [2.24, 2.45) is 16.5 Å². The summed E-state index contributed by atoms with van der Waals surface area (Å²) in [6.07, 6.45) is 0.693. The summed E-state index contributed by atoms with van der Waals surface area (Å²) in [6, 6.07) is 23.6. The summed E-state index contributed by atoms with van der Waals surface area (Å²) < 4.78 is 11.5. The van der Waals surface area contributed by atoms with Crippen LogP contribution in [0.4, 0.5) is 5.69 Å². The first-order valence-electron chi connectivity index (χ1n) is 9.53. The lowest BCUT2D eigenvalue weighted by atomic mass is 10.2. The van der Waals surface area contributed by atoms with Gasteiger partial charge in [0.1, 0.15) is 11.5 Å². The predicted octanol–water partition coefficient (Wildman–Crippen LogP) is 3.77. The lowest BCUT2D eigenvalue weighted by Gasteiger charge is -2.12. The van der Waals surface area contributed by atoms with Crippen molar-refractivity contribution < 1.29 is 14.3 Å². The van der Waals surface area contributed by atoms with E-state index >= 15 is 0 Å². The van der Waals surface area contributed by atoms with Gasteiger partial charge in [-0.3, -0.25) is 9.79 Å². The van der Waals surface area contributed by atoms with E-state index in [1.54, 1.807) is 30.3 Å². The molecule has 0 aliphatic rings. The van der Waals surface area contributed by atoms with E-state index in [-0.39, 0.29) is 11.9 Å². The van der Waals surface area contributed by atoms with Crippen molar-refractivity contribution in [1.82, 2.24) is 0 Å². The van der Waals surface area contributed by atoms with Gasteiger partial charge in [-0.05, 0) is 48.5 Å². The van der Waals surface area contributed by atoms with E-state index in [1.807, 2.05) is 48.5 Å². The molecule has 0 aliphatic carbocycles. The van der Waals surface area contributed by atoms with Gasteiger partial charge in [-0.2, -0.15) is 0 Å². The number of carbonyl (C=O) groups excluding carboxylic acids is 1. The lowest BCUT2D eigenvalue weighted by molar-refractivity contribution is 0.102. The molecule has 0 bridgehead atoms. The molecule has 7 heteroatoms. The van der Waals surface area contributed by atoms with Crippen molar-refractivity contribution in [3.63, 3.8) is 0 Å². The Hall–Kier alpha value is -4.00. The smallest absolute Gasteiger partial charge is 0.255 e. The topological polar surface area (TPSA) is 112 Å². The Bertz CT molecular complexity index is 985. The number of nitrogens with zero attached hydrogens (tertiary/aromatic N) is 1. The minimum absolute atomic E-state index is 0.0705. The highest BCUT2D eigenvalue weighted by molar-refractivity contribution is 6.05. The normalized spacial score (nSPS) is 10.1. The van der Waals surface area contributed by atoms with Crippen LogP contribution in [0.15, 0.2) is 83.9 Å². The molecule has 0 heterocycles. The van der Waals surface area contributed by atoms with Gasteiger partial charge in [0.2, 0.25) is 0 Å². The first-order chi connectivity index (χ1) is 14.6. The Morgan fingerprint density at radius 1 is 0.867 bits per heavy atom. The molecule has 5 N–H and O–H groups in total. The van der Waals surface area contributed by atoms with Gasteiger partial charge in [-0.15, -0.1) is 0 Å². The highest BCUT2D eigenvalue weighted by atomic mass is 16.5. The molecule has 7 nitrogen and oxygen atoms in total. The number of hydrogen-bond acceptors (Lipinski definition) is 4. The molecule has 0 aromatic heterocycles. The van der Waals surface area contributed by atoms with Gasteiger partial charge in [0.05, 0.1) is 12.3 Å². The van der Waals surface area contributed by atoms with Crippen molar-refractivity contribution in [3.05, 3.63) is 84.4 Å². The number of para-hydroxylation sites is 3. The van der Waals surface area contributed by atoms with Gasteiger partial charge in [-0.25, -0.2) is 0 Å². The van der Waals surface area contributed by atoms with E-state index in [0.29, 0.717) is 48.1 Å². The number of nitrogens with two attached hydrogens (primary N) is 2. The van der Waals surface area contributed by atoms with Crippen LogP contribution < -0.4 is 26.3 Å². The Labute approximate surface area is 175 Å². The molecule has 0 saturated carbocycles. The zero-order valence-electron chi connectivity index (χ0n) is 16.5. The van der Waals surface area contributed by atoms with Crippen LogP contribution in [0, 0.1) is 0 Å². The van der Waals surface area contributed by atoms with Crippen LogP contribution in [0.25, 0.3) is 0 Å². The summed E-state index contributed by atoms with van der Waals surface area (Å²) in [5.74, 6) is 1.77. The number of aliphatic imine (C=N–C) groups is 1. The first-order valence-corrected chi connectivity index (χ1v) is 9.53. The first kappa shape index (κ1) is 20.7. The fraction of sp³-hybridized carbons (Fsp3) is 0.130. The minimum atomic E-state index is -0.238. The van der Waals surface area contributed by atoms with E-state index in [1.165, 1.54) is 0 Å². The molecule has 0 atom stereocenters. The minimum Gasteiger partial charge on any atom is -0.494 e. The number of hydrogen-bond donors (Lipinski definition) is 3. The molecule has 3 rings (SSSR count). The number of carbonyl (C=O) groups is 1.